The molecule has 1 fully saturated rings. The zero-order valence-corrected chi connectivity index (χ0v) is 10.5. The molecule has 0 aromatic carbocycles. The van der Waals surface area contributed by atoms with E-state index < -0.39 is 5.97 Å². The lowest BCUT2D eigenvalue weighted by Gasteiger charge is -2.32. The topological polar surface area (TPSA) is 66.8 Å². The quantitative estimate of drug-likeness (QED) is 0.789. The Morgan fingerprint density at radius 2 is 2.18 bits per heavy atom. The number of nitrogens with zero attached hydrogens (tertiary/aromatic N) is 1. The summed E-state index contributed by atoms with van der Waals surface area (Å²) < 4.78 is 5.44. The van der Waals surface area contributed by atoms with E-state index in [1.807, 2.05) is 6.92 Å². The van der Waals surface area contributed by atoms with Gasteiger partial charge in [-0.05, 0) is 33.1 Å². The van der Waals surface area contributed by atoms with Crippen LogP contribution in [0.2, 0.25) is 0 Å². The Labute approximate surface area is 102 Å². The van der Waals surface area contributed by atoms with Gasteiger partial charge < -0.3 is 14.7 Å². The molecular weight excluding hydrogens is 222 g/mol. The fraction of sp³-hybridized carbons (Fsp3) is 0.833. The SMILES string of the molecule is CCN(C(=O)C1CCCCO1)C(C)CC(=O)O. The van der Waals surface area contributed by atoms with Gasteiger partial charge in [0, 0.05) is 19.2 Å². The first-order valence-corrected chi connectivity index (χ1v) is 6.20. The van der Waals surface area contributed by atoms with Crippen LogP contribution >= 0.6 is 0 Å². The van der Waals surface area contributed by atoms with Crippen LogP contribution in [0.25, 0.3) is 0 Å². The predicted octanol–water partition coefficient (Wildman–Crippen LogP) is 1.27. The van der Waals surface area contributed by atoms with Crippen LogP contribution in [-0.2, 0) is 14.3 Å². The zero-order chi connectivity index (χ0) is 12.8. The molecule has 1 amide bonds. The molecular formula is C12H21NO4. The second-order valence-electron chi connectivity index (χ2n) is 4.43. The average Bonchev–Trinajstić information content (AvgIpc) is 2.30. The third kappa shape index (κ3) is 4.00. The number of carboxylic acid groups (broad SMARTS) is 1. The first-order chi connectivity index (χ1) is 8.06. The van der Waals surface area contributed by atoms with Gasteiger partial charge in [-0.1, -0.05) is 0 Å². The number of hydrogen-bond acceptors (Lipinski definition) is 3. The minimum atomic E-state index is -0.881. The summed E-state index contributed by atoms with van der Waals surface area (Å²) in [5.41, 5.74) is 0. The zero-order valence-electron chi connectivity index (χ0n) is 10.5. The number of carbonyl (C=O) groups excluding carboxylic acids is 1. The monoisotopic (exact) mass is 243 g/mol. The van der Waals surface area contributed by atoms with Crippen LogP contribution in [0.1, 0.15) is 39.5 Å². The van der Waals surface area contributed by atoms with Crippen molar-refractivity contribution in [1.82, 2.24) is 4.90 Å². The standard InChI is InChI=1S/C12H21NO4/c1-3-13(9(2)8-11(14)15)12(16)10-6-4-5-7-17-10/h9-10H,3-8H2,1-2H3,(H,14,15). The number of hydrogen-bond donors (Lipinski definition) is 1. The predicted molar refractivity (Wildman–Crippen MR) is 62.7 cm³/mol. The molecule has 2 atom stereocenters. The summed E-state index contributed by atoms with van der Waals surface area (Å²) in [5, 5.41) is 8.75. The largest absolute Gasteiger partial charge is 0.481 e. The molecule has 1 aliphatic rings. The number of amides is 1. The average molecular weight is 243 g/mol. The van der Waals surface area contributed by atoms with E-state index in [1.165, 1.54) is 0 Å². The van der Waals surface area contributed by atoms with Crippen molar-refractivity contribution in [1.29, 1.82) is 0 Å². The van der Waals surface area contributed by atoms with E-state index in [9.17, 15) is 9.59 Å². The molecule has 98 valence electrons. The molecule has 5 nitrogen and oxygen atoms in total. The van der Waals surface area contributed by atoms with Gasteiger partial charge in [-0.2, -0.15) is 0 Å². The van der Waals surface area contributed by atoms with Crippen molar-refractivity contribution < 1.29 is 19.4 Å². The van der Waals surface area contributed by atoms with Crippen LogP contribution in [0.15, 0.2) is 0 Å². The van der Waals surface area contributed by atoms with Gasteiger partial charge in [-0.25, -0.2) is 0 Å². The van der Waals surface area contributed by atoms with E-state index in [1.54, 1.807) is 11.8 Å². The van der Waals surface area contributed by atoms with Gasteiger partial charge in [-0.3, -0.25) is 9.59 Å². The van der Waals surface area contributed by atoms with Crippen LogP contribution < -0.4 is 0 Å². The van der Waals surface area contributed by atoms with E-state index in [0.717, 1.165) is 19.3 Å². The minimum Gasteiger partial charge on any atom is -0.481 e. The van der Waals surface area contributed by atoms with Crippen molar-refractivity contribution in [2.45, 2.75) is 51.7 Å². The van der Waals surface area contributed by atoms with Crippen molar-refractivity contribution >= 4 is 11.9 Å². The fourth-order valence-electron chi connectivity index (χ4n) is 2.17. The second-order valence-corrected chi connectivity index (χ2v) is 4.43. The van der Waals surface area contributed by atoms with Gasteiger partial charge in [0.25, 0.3) is 5.91 Å². The maximum atomic E-state index is 12.2. The molecule has 2 unspecified atom stereocenters. The summed E-state index contributed by atoms with van der Waals surface area (Å²) in [7, 11) is 0. The molecule has 1 rings (SSSR count). The summed E-state index contributed by atoms with van der Waals surface area (Å²) in [4.78, 5) is 24.4. The lowest BCUT2D eigenvalue weighted by Crippen LogP contribution is -2.46. The Kier molecular flexibility index (Phi) is 5.41. The number of likely N-dealkylation sites (N-methyl/N-ethyl adjacent to an activating group) is 1. The molecule has 0 aromatic heterocycles. The normalized spacial score (nSPS) is 21.9. The van der Waals surface area contributed by atoms with Crippen molar-refractivity contribution in [2.75, 3.05) is 13.2 Å². The van der Waals surface area contributed by atoms with E-state index in [-0.39, 0.29) is 24.5 Å². The molecule has 0 bridgehead atoms. The summed E-state index contributed by atoms with van der Waals surface area (Å²) in [6.07, 6.45) is 2.35. The molecule has 0 saturated carbocycles. The maximum Gasteiger partial charge on any atom is 0.305 e. The molecule has 0 spiro atoms. The summed E-state index contributed by atoms with van der Waals surface area (Å²) in [5.74, 6) is -0.950. The van der Waals surface area contributed by atoms with Gasteiger partial charge in [0.1, 0.15) is 6.10 Å². The molecule has 1 saturated heterocycles. The number of carbonyl (C=O) groups is 2. The second kappa shape index (κ2) is 6.59. The van der Waals surface area contributed by atoms with Crippen LogP contribution in [0, 0.1) is 0 Å². The van der Waals surface area contributed by atoms with Crippen molar-refractivity contribution in [3.63, 3.8) is 0 Å². The number of carboxylic acids is 1. The lowest BCUT2D eigenvalue weighted by atomic mass is 10.1. The Balaban J connectivity index is 2.58. The van der Waals surface area contributed by atoms with Crippen molar-refractivity contribution in [3.05, 3.63) is 0 Å². The molecule has 1 aliphatic heterocycles. The Morgan fingerprint density at radius 3 is 2.65 bits per heavy atom. The highest BCUT2D eigenvalue weighted by Crippen LogP contribution is 2.17. The smallest absolute Gasteiger partial charge is 0.305 e. The molecule has 0 aliphatic carbocycles. The molecule has 1 N–H and O–H groups in total. The Bertz CT molecular complexity index is 274. The number of ether oxygens (including phenoxy) is 1. The van der Waals surface area contributed by atoms with Crippen molar-refractivity contribution in [2.24, 2.45) is 0 Å². The van der Waals surface area contributed by atoms with Crippen LogP contribution in [0.5, 0.6) is 0 Å². The van der Waals surface area contributed by atoms with Crippen LogP contribution in [0.3, 0.4) is 0 Å². The molecule has 0 radical (unpaired) electrons. The summed E-state index contributed by atoms with van der Waals surface area (Å²) in [6.45, 7) is 4.77. The third-order valence-electron chi connectivity index (χ3n) is 3.08. The highest BCUT2D eigenvalue weighted by molar-refractivity contribution is 5.82. The fourth-order valence-corrected chi connectivity index (χ4v) is 2.17. The number of rotatable bonds is 5. The van der Waals surface area contributed by atoms with Gasteiger partial charge in [-0.15, -0.1) is 0 Å². The first kappa shape index (κ1) is 14.0. The highest BCUT2D eigenvalue weighted by Gasteiger charge is 2.29. The van der Waals surface area contributed by atoms with E-state index in [4.69, 9.17) is 9.84 Å². The molecule has 1 heterocycles. The van der Waals surface area contributed by atoms with E-state index >= 15 is 0 Å². The Hall–Kier alpha value is -1.10. The van der Waals surface area contributed by atoms with Gasteiger partial charge in [0.2, 0.25) is 0 Å². The maximum absolute atomic E-state index is 12.2. The van der Waals surface area contributed by atoms with Crippen LogP contribution in [-0.4, -0.2) is 47.2 Å². The minimum absolute atomic E-state index is 0.0215. The highest BCUT2D eigenvalue weighted by atomic mass is 16.5. The van der Waals surface area contributed by atoms with Gasteiger partial charge in [0.15, 0.2) is 0 Å². The summed E-state index contributed by atoms with van der Waals surface area (Å²) in [6, 6.07) is -0.282. The van der Waals surface area contributed by atoms with Gasteiger partial charge in [0.05, 0.1) is 6.42 Å². The third-order valence-corrected chi connectivity index (χ3v) is 3.08. The molecule has 5 heteroatoms. The summed E-state index contributed by atoms with van der Waals surface area (Å²) >= 11 is 0. The first-order valence-electron chi connectivity index (χ1n) is 6.20. The van der Waals surface area contributed by atoms with E-state index in [0.29, 0.717) is 13.2 Å². The van der Waals surface area contributed by atoms with Gasteiger partial charge >= 0.3 is 5.97 Å². The van der Waals surface area contributed by atoms with Crippen molar-refractivity contribution in [3.8, 4) is 0 Å². The molecule has 17 heavy (non-hydrogen) atoms. The number of aliphatic carboxylic acids is 1. The lowest BCUT2D eigenvalue weighted by molar-refractivity contribution is -0.150. The molecule has 0 aromatic rings. The van der Waals surface area contributed by atoms with Crippen LogP contribution in [0.4, 0.5) is 0 Å². The Morgan fingerprint density at radius 1 is 1.47 bits per heavy atom. The van der Waals surface area contributed by atoms with E-state index in [2.05, 4.69) is 0 Å².